The van der Waals surface area contributed by atoms with E-state index in [0.717, 1.165) is 6.07 Å². The zero-order valence-electron chi connectivity index (χ0n) is 11.1. The number of hydrogen-bond donors (Lipinski definition) is 0. The largest absolute Gasteiger partial charge is 0.488 e. The average Bonchev–Trinajstić information content (AvgIpc) is 2.45. The minimum absolute atomic E-state index is 0.00131. The fourth-order valence-electron chi connectivity index (χ4n) is 1.74. The van der Waals surface area contributed by atoms with E-state index in [1.807, 2.05) is 0 Å². The van der Waals surface area contributed by atoms with E-state index >= 15 is 0 Å². The fraction of sp³-hybridized carbons (Fsp3) is 0.200. The number of hydrogen-bond acceptors (Lipinski definition) is 3. The summed E-state index contributed by atoms with van der Waals surface area (Å²) in [7, 11) is 0. The van der Waals surface area contributed by atoms with Crippen molar-refractivity contribution in [3.05, 3.63) is 59.4 Å². The monoisotopic (exact) mass is 295 g/mol. The van der Waals surface area contributed by atoms with Crippen LogP contribution in [0.2, 0.25) is 0 Å². The van der Waals surface area contributed by atoms with Crippen LogP contribution in [0.5, 0.6) is 5.75 Å². The Bertz CT molecular complexity index is 639. The molecular weight excluding hydrogens is 283 g/mol. The van der Waals surface area contributed by atoms with Crippen molar-refractivity contribution in [2.24, 2.45) is 0 Å². The topological polar surface area (TPSA) is 39.2 Å². The number of carbonyl (C=O) groups is 1. The molecule has 0 atom stereocenters. The van der Waals surface area contributed by atoms with Gasteiger partial charge in [-0.1, -0.05) is 0 Å². The molecule has 0 spiro atoms. The first-order chi connectivity index (χ1) is 9.88. The summed E-state index contributed by atoms with van der Waals surface area (Å²) < 4.78 is 44.3. The number of aromatic nitrogens is 1. The summed E-state index contributed by atoms with van der Waals surface area (Å²) in [5.74, 6) is -0.731. The maximum atomic E-state index is 13.0. The van der Waals surface area contributed by atoms with Gasteiger partial charge in [-0.2, -0.15) is 13.2 Å². The zero-order valence-corrected chi connectivity index (χ0v) is 11.1. The minimum atomic E-state index is -4.58. The summed E-state index contributed by atoms with van der Waals surface area (Å²) in [6.07, 6.45) is -1.52. The van der Waals surface area contributed by atoms with E-state index in [0.29, 0.717) is 5.56 Å². The summed E-state index contributed by atoms with van der Waals surface area (Å²) >= 11 is 0. The van der Waals surface area contributed by atoms with Crippen molar-refractivity contribution < 1.29 is 22.7 Å². The first-order valence-electron chi connectivity index (χ1n) is 6.12. The Morgan fingerprint density at radius 2 is 1.86 bits per heavy atom. The molecule has 6 heteroatoms. The van der Waals surface area contributed by atoms with Gasteiger partial charge in [-0.25, -0.2) is 0 Å². The van der Waals surface area contributed by atoms with Crippen molar-refractivity contribution in [2.45, 2.75) is 19.7 Å². The van der Waals surface area contributed by atoms with Gasteiger partial charge in [-0.05, 0) is 42.8 Å². The lowest BCUT2D eigenvalue weighted by Gasteiger charge is -2.15. The molecule has 0 saturated carbocycles. The molecule has 1 heterocycles. The van der Waals surface area contributed by atoms with Crippen molar-refractivity contribution in [3.8, 4) is 5.75 Å². The van der Waals surface area contributed by atoms with E-state index in [2.05, 4.69) is 4.98 Å². The molecule has 0 aliphatic carbocycles. The highest BCUT2D eigenvalue weighted by molar-refractivity contribution is 5.94. The molecule has 21 heavy (non-hydrogen) atoms. The van der Waals surface area contributed by atoms with Crippen molar-refractivity contribution in [2.75, 3.05) is 0 Å². The van der Waals surface area contributed by atoms with Gasteiger partial charge in [-0.15, -0.1) is 0 Å². The molecule has 1 aromatic heterocycles. The molecule has 1 aromatic carbocycles. The number of nitrogens with zero attached hydrogens (tertiary/aromatic N) is 1. The number of ether oxygens (including phenoxy) is 1. The quantitative estimate of drug-likeness (QED) is 0.803. The molecule has 2 rings (SSSR count). The van der Waals surface area contributed by atoms with Crippen LogP contribution in [-0.2, 0) is 12.8 Å². The zero-order chi connectivity index (χ0) is 15.5. The number of rotatable bonds is 4. The smallest absolute Gasteiger partial charge is 0.419 e. The number of alkyl halides is 3. The van der Waals surface area contributed by atoms with E-state index in [9.17, 15) is 18.0 Å². The van der Waals surface area contributed by atoms with Crippen LogP contribution >= 0.6 is 0 Å². The second-order valence-electron chi connectivity index (χ2n) is 4.41. The van der Waals surface area contributed by atoms with Crippen LogP contribution < -0.4 is 4.74 Å². The Morgan fingerprint density at radius 1 is 1.19 bits per heavy atom. The summed E-state index contributed by atoms with van der Waals surface area (Å²) in [6.45, 7) is 1.21. The number of Topliss-reactive ketones (excluding diaryl/α,β-unsaturated/α-hetero) is 1. The van der Waals surface area contributed by atoms with Crippen molar-refractivity contribution in [1.82, 2.24) is 4.98 Å². The van der Waals surface area contributed by atoms with Gasteiger partial charge < -0.3 is 4.74 Å². The number of benzene rings is 1. The summed E-state index contributed by atoms with van der Waals surface area (Å²) in [5.41, 5.74) is -0.253. The van der Waals surface area contributed by atoms with Gasteiger partial charge >= 0.3 is 6.18 Å². The predicted molar refractivity (Wildman–Crippen MR) is 70.0 cm³/mol. The van der Waals surface area contributed by atoms with Crippen molar-refractivity contribution >= 4 is 5.78 Å². The Kier molecular flexibility index (Phi) is 4.26. The third-order valence-corrected chi connectivity index (χ3v) is 2.84. The highest BCUT2D eigenvalue weighted by Gasteiger charge is 2.35. The lowest BCUT2D eigenvalue weighted by Crippen LogP contribution is -2.10. The third-order valence-electron chi connectivity index (χ3n) is 2.84. The first kappa shape index (κ1) is 15.0. The summed E-state index contributed by atoms with van der Waals surface area (Å²) in [6, 6.07) is 6.60. The lowest BCUT2D eigenvalue weighted by molar-refractivity contribution is -0.139. The molecule has 0 radical (unpaired) electrons. The second kappa shape index (κ2) is 5.95. The van der Waals surface area contributed by atoms with Crippen LogP contribution in [0.1, 0.15) is 28.4 Å². The highest BCUT2D eigenvalue weighted by atomic mass is 19.4. The number of ketones is 1. The van der Waals surface area contributed by atoms with Gasteiger partial charge in [0, 0.05) is 18.0 Å². The standard InChI is InChI=1S/C15H12F3NO2/c1-10(20)12-2-3-14(13(8-12)15(16,17)18)21-9-11-4-6-19-7-5-11/h2-8H,9H2,1H3. The van der Waals surface area contributed by atoms with Crippen LogP contribution in [0.3, 0.4) is 0 Å². The van der Waals surface area contributed by atoms with Crippen LogP contribution in [0.25, 0.3) is 0 Å². The Hall–Kier alpha value is -2.37. The van der Waals surface area contributed by atoms with Crippen LogP contribution in [0.4, 0.5) is 13.2 Å². The van der Waals surface area contributed by atoms with Gasteiger partial charge in [0.05, 0.1) is 5.56 Å². The molecule has 0 bridgehead atoms. The van der Waals surface area contributed by atoms with E-state index in [4.69, 9.17) is 4.74 Å². The highest BCUT2D eigenvalue weighted by Crippen LogP contribution is 2.37. The molecule has 110 valence electrons. The molecule has 0 aliphatic heterocycles. The van der Waals surface area contributed by atoms with Crippen molar-refractivity contribution in [1.29, 1.82) is 0 Å². The third kappa shape index (κ3) is 3.81. The second-order valence-corrected chi connectivity index (χ2v) is 4.41. The van der Waals surface area contributed by atoms with Gasteiger partial charge in [0.2, 0.25) is 0 Å². The Morgan fingerprint density at radius 3 is 2.43 bits per heavy atom. The van der Waals surface area contributed by atoms with Gasteiger partial charge in [-0.3, -0.25) is 9.78 Å². The van der Waals surface area contributed by atoms with E-state index in [-0.39, 0.29) is 17.9 Å². The van der Waals surface area contributed by atoms with Crippen LogP contribution in [0.15, 0.2) is 42.7 Å². The number of carbonyl (C=O) groups excluding carboxylic acids is 1. The number of pyridine rings is 1. The SMILES string of the molecule is CC(=O)c1ccc(OCc2ccncc2)c(C(F)(F)F)c1. The molecular formula is C15H12F3NO2. The van der Waals surface area contributed by atoms with Gasteiger partial charge in [0.25, 0.3) is 0 Å². The minimum Gasteiger partial charge on any atom is -0.488 e. The molecule has 0 saturated heterocycles. The summed E-state index contributed by atoms with van der Waals surface area (Å²) in [5, 5.41) is 0. The molecule has 3 nitrogen and oxygen atoms in total. The average molecular weight is 295 g/mol. The van der Waals surface area contributed by atoms with Gasteiger partial charge in [0.15, 0.2) is 5.78 Å². The predicted octanol–water partition coefficient (Wildman–Crippen LogP) is 3.88. The maximum absolute atomic E-state index is 13.0. The van der Waals surface area contributed by atoms with E-state index < -0.39 is 17.5 Å². The molecule has 0 aliphatic rings. The van der Waals surface area contributed by atoms with Crippen LogP contribution in [0, 0.1) is 0 Å². The Balaban J connectivity index is 2.28. The molecule has 0 unspecified atom stereocenters. The van der Waals surface area contributed by atoms with E-state index in [1.165, 1.54) is 31.5 Å². The van der Waals surface area contributed by atoms with Crippen molar-refractivity contribution in [3.63, 3.8) is 0 Å². The molecule has 0 fully saturated rings. The Labute approximate surface area is 119 Å². The van der Waals surface area contributed by atoms with Crippen LogP contribution in [-0.4, -0.2) is 10.8 Å². The maximum Gasteiger partial charge on any atom is 0.419 e. The van der Waals surface area contributed by atoms with E-state index in [1.54, 1.807) is 12.1 Å². The van der Waals surface area contributed by atoms with Gasteiger partial charge in [0.1, 0.15) is 12.4 Å². The summed E-state index contributed by atoms with van der Waals surface area (Å²) in [4.78, 5) is 15.0. The lowest BCUT2D eigenvalue weighted by atomic mass is 10.1. The molecule has 0 N–H and O–H groups in total. The number of halogens is 3. The normalized spacial score (nSPS) is 11.2. The molecule has 2 aromatic rings. The first-order valence-corrected chi connectivity index (χ1v) is 6.12. The molecule has 0 amide bonds. The fourth-order valence-corrected chi connectivity index (χ4v) is 1.74.